The average molecular weight is 316 g/mol. The smallest absolute Gasteiger partial charge is 0.242 e. The Bertz CT molecular complexity index is 685. The molecule has 1 amide bonds. The Morgan fingerprint density at radius 2 is 1.96 bits per heavy atom. The lowest BCUT2D eigenvalue weighted by Gasteiger charge is -2.22. The van der Waals surface area contributed by atoms with Gasteiger partial charge in [-0.1, -0.05) is 13.8 Å². The van der Waals surface area contributed by atoms with Gasteiger partial charge in [-0.05, 0) is 31.0 Å². The van der Waals surface area contributed by atoms with E-state index in [1.54, 1.807) is 13.3 Å². The Labute approximate surface area is 136 Å². The second-order valence-electron chi connectivity index (χ2n) is 5.59. The van der Waals surface area contributed by atoms with Crippen molar-refractivity contribution in [2.24, 2.45) is 0 Å². The molecule has 0 aliphatic heterocycles. The van der Waals surface area contributed by atoms with Crippen LogP contribution in [-0.2, 0) is 11.3 Å². The van der Waals surface area contributed by atoms with Gasteiger partial charge in [0.25, 0.3) is 0 Å². The van der Waals surface area contributed by atoms with E-state index in [1.165, 1.54) is 0 Å². The van der Waals surface area contributed by atoms with E-state index >= 15 is 0 Å². The molecule has 0 N–H and O–H groups in total. The molecule has 0 radical (unpaired) electrons. The molecule has 1 heterocycles. The Kier molecular flexibility index (Phi) is 5.79. The number of aromatic nitrogens is 1. The molecule has 2 rings (SSSR count). The van der Waals surface area contributed by atoms with Gasteiger partial charge in [-0.25, -0.2) is 0 Å². The number of aldehydes is 1. The van der Waals surface area contributed by atoms with Gasteiger partial charge >= 0.3 is 0 Å². The molecule has 0 fully saturated rings. The van der Waals surface area contributed by atoms with Gasteiger partial charge in [0.2, 0.25) is 5.91 Å². The highest BCUT2D eigenvalue weighted by molar-refractivity contribution is 5.98. The number of carbonyl (C=O) groups excluding carboxylic acids is 2. The number of fused-ring (bicyclic) bond motifs is 1. The Morgan fingerprint density at radius 3 is 2.52 bits per heavy atom. The van der Waals surface area contributed by atoms with Crippen LogP contribution in [0, 0.1) is 0 Å². The number of methoxy groups -OCH3 is 1. The molecule has 2 aromatic rings. The third-order valence-electron chi connectivity index (χ3n) is 3.89. The van der Waals surface area contributed by atoms with Crippen LogP contribution in [0.2, 0.25) is 0 Å². The van der Waals surface area contributed by atoms with Crippen molar-refractivity contribution in [3.8, 4) is 5.75 Å². The van der Waals surface area contributed by atoms with Gasteiger partial charge in [-0.3, -0.25) is 9.59 Å². The summed E-state index contributed by atoms with van der Waals surface area (Å²) in [5.41, 5.74) is 1.44. The third kappa shape index (κ3) is 3.73. The molecule has 5 nitrogen and oxygen atoms in total. The molecule has 0 aliphatic carbocycles. The minimum absolute atomic E-state index is 0.0823. The topological polar surface area (TPSA) is 51.5 Å². The van der Waals surface area contributed by atoms with Crippen LogP contribution < -0.4 is 4.74 Å². The fraction of sp³-hybridized carbons (Fsp3) is 0.444. The summed E-state index contributed by atoms with van der Waals surface area (Å²) < 4.78 is 7.06. The van der Waals surface area contributed by atoms with Gasteiger partial charge in [0.1, 0.15) is 12.3 Å². The minimum atomic E-state index is 0.0823. The summed E-state index contributed by atoms with van der Waals surface area (Å²) in [5, 5.41) is 0.810. The Balaban J connectivity index is 2.32. The molecule has 0 bridgehead atoms. The molecule has 23 heavy (non-hydrogen) atoms. The van der Waals surface area contributed by atoms with Crippen molar-refractivity contribution in [3.63, 3.8) is 0 Å². The molecule has 1 aromatic heterocycles. The Morgan fingerprint density at radius 1 is 1.26 bits per heavy atom. The van der Waals surface area contributed by atoms with Gasteiger partial charge in [-0.15, -0.1) is 0 Å². The Hall–Kier alpha value is -2.30. The van der Waals surface area contributed by atoms with E-state index in [0.29, 0.717) is 11.3 Å². The standard InChI is InChI=1S/C18H24N2O3/c1-4-8-19(9-5-2)18(22)12-20-11-14(13-21)16-10-15(23-3)6-7-17(16)20/h6-7,10-11,13H,4-5,8-9,12H2,1-3H3. The van der Waals surface area contributed by atoms with Crippen molar-refractivity contribution in [3.05, 3.63) is 30.0 Å². The summed E-state index contributed by atoms with van der Waals surface area (Å²) in [4.78, 5) is 25.7. The van der Waals surface area contributed by atoms with Crippen molar-refractivity contribution in [2.75, 3.05) is 20.2 Å². The number of amides is 1. The largest absolute Gasteiger partial charge is 0.497 e. The maximum atomic E-state index is 12.5. The van der Waals surface area contributed by atoms with E-state index in [0.717, 1.165) is 43.1 Å². The molecule has 0 spiro atoms. The molecule has 124 valence electrons. The molecule has 0 atom stereocenters. The second-order valence-corrected chi connectivity index (χ2v) is 5.59. The lowest BCUT2D eigenvalue weighted by molar-refractivity contribution is -0.131. The predicted octanol–water partition coefficient (Wildman–Crippen LogP) is 3.11. The zero-order valence-electron chi connectivity index (χ0n) is 14.0. The lowest BCUT2D eigenvalue weighted by Crippen LogP contribution is -2.35. The van der Waals surface area contributed by atoms with Crippen LogP contribution in [0.5, 0.6) is 5.75 Å². The van der Waals surface area contributed by atoms with Crippen molar-refractivity contribution in [2.45, 2.75) is 33.2 Å². The van der Waals surface area contributed by atoms with Crippen LogP contribution in [0.1, 0.15) is 37.0 Å². The van der Waals surface area contributed by atoms with Crippen LogP contribution in [0.3, 0.4) is 0 Å². The molecule has 0 aliphatic rings. The first-order valence-electron chi connectivity index (χ1n) is 8.04. The monoisotopic (exact) mass is 316 g/mol. The summed E-state index contributed by atoms with van der Waals surface area (Å²) in [5.74, 6) is 0.780. The molecule has 0 saturated heterocycles. The highest BCUT2D eigenvalue weighted by Gasteiger charge is 2.15. The summed E-state index contributed by atoms with van der Waals surface area (Å²) in [6, 6.07) is 5.56. The van der Waals surface area contributed by atoms with E-state index in [4.69, 9.17) is 4.74 Å². The first-order chi connectivity index (χ1) is 11.1. The minimum Gasteiger partial charge on any atom is -0.497 e. The average Bonchev–Trinajstić information content (AvgIpc) is 2.91. The van der Waals surface area contributed by atoms with Gasteiger partial charge in [-0.2, -0.15) is 0 Å². The number of benzene rings is 1. The van der Waals surface area contributed by atoms with Crippen molar-refractivity contribution in [1.82, 2.24) is 9.47 Å². The number of nitrogens with zero attached hydrogens (tertiary/aromatic N) is 2. The molecule has 0 saturated carbocycles. The number of hydrogen-bond donors (Lipinski definition) is 0. The highest BCUT2D eigenvalue weighted by Crippen LogP contribution is 2.25. The second kappa shape index (κ2) is 7.81. The maximum absolute atomic E-state index is 12.5. The summed E-state index contributed by atoms with van der Waals surface area (Å²) in [6.45, 7) is 5.91. The highest BCUT2D eigenvalue weighted by atomic mass is 16.5. The predicted molar refractivity (Wildman–Crippen MR) is 91.0 cm³/mol. The number of rotatable bonds is 8. The fourth-order valence-corrected chi connectivity index (χ4v) is 2.80. The molecular formula is C18H24N2O3. The first-order valence-corrected chi connectivity index (χ1v) is 8.04. The molecule has 5 heteroatoms. The zero-order chi connectivity index (χ0) is 16.8. The van der Waals surface area contributed by atoms with Crippen LogP contribution in [0.4, 0.5) is 0 Å². The van der Waals surface area contributed by atoms with Crippen molar-refractivity contribution < 1.29 is 14.3 Å². The third-order valence-corrected chi connectivity index (χ3v) is 3.89. The molecular weight excluding hydrogens is 292 g/mol. The van der Waals surface area contributed by atoms with Gasteiger partial charge in [0, 0.05) is 35.8 Å². The van der Waals surface area contributed by atoms with E-state index in [-0.39, 0.29) is 12.5 Å². The van der Waals surface area contributed by atoms with Crippen molar-refractivity contribution in [1.29, 1.82) is 0 Å². The molecule has 0 unspecified atom stereocenters. The summed E-state index contributed by atoms with van der Waals surface area (Å²) in [7, 11) is 1.59. The van der Waals surface area contributed by atoms with E-state index in [1.807, 2.05) is 27.7 Å². The van der Waals surface area contributed by atoms with Crippen LogP contribution in [0.25, 0.3) is 10.9 Å². The molecule has 1 aromatic carbocycles. The summed E-state index contributed by atoms with van der Waals surface area (Å²) >= 11 is 0. The summed E-state index contributed by atoms with van der Waals surface area (Å²) in [6.07, 6.45) is 4.44. The fourth-order valence-electron chi connectivity index (χ4n) is 2.80. The number of ether oxygens (including phenoxy) is 1. The zero-order valence-corrected chi connectivity index (χ0v) is 14.0. The van der Waals surface area contributed by atoms with Crippen molar-refractivity contribution >= 4 is 23.1 Å². The maximum Gasteiger partial charge on any atom is 0.242 e. The van der Waals surface area contributed by atoms with E-state index in [2.05, 4.69) is 13.8 Å². The van der Waals surface area contributed by atoms with Gasteiger partial charge in [0.15, 0.2) is 6.29 Å². The first kappa shape index (κ1) is 17.1. The number of hydrogen-bond acceptors (Lipinski definition) is 3. The quantitative estimate of drug-likeness (QED) is 0.703. The SMILES string of the molecule is CCCN(CCC)C(=O)Cn1cc(C=O)c2cc(OC)ccc21. The normalized spacial score (nSPS) is 10.7. The van der Waals surface area contributed by atoms with E-state index < -0.39 is 0 Å². The van der Waals surface area contributed by atoms with Gasteiger partial charge < -0.3 is 14.2 Å². The van der Waals surface area contributed by atoms with Crippen LogP contribution in [0.15, 0.2) is 24.4 Å². The van der Waals surface area contributed by atoms with Crippen LogP contribution in [-0.4, -0.2) is 41.9 Å². The lowest BCUT2D eigenvalue weighted by atomic mass is 10.2. The van der Waals surface area contributed by atoms with E-state index in [9.17, 15) is 9.59 Å². The van der Waals surface area contributed by atoms with Crippen LogP contribution >= 0.6 is 0 Å². The number of carbonyl (C=O) groups is 2. The van der Waals surface area contributed by atoms with Gasteiger partial charge in [0.05, 0.1) is 7.11 Å².